The fraction of sp³-hybridized carbons (Fsp3) is 0.833. The van der Waals surface area contributed by atoms with Crippen LogP contribution in [0.1, 0.15) is 41.5 Å². The van der Waals surface area contributed by atoms with Gasteiger partial charge in [0.2, 0.25) is 0 Å². The summed E-state index contributed by atoms with van der Waals surface area (Å²) in [5.41, 5.74) is 1.13. The SMILES string of the molecule is CC(C)=O.CN=C(C)C.COC(C)(C)OC. The third-order valence-electron chi connectivity index (χ3n) is 1.43. The van der Waals surface area contributed by atoms with Crippen molar-refractivity contribution in [1.82, 2.24) is 0 Å². The maximum atomic E-state index is 9.44. The monoisotopic (exact) mass is 233 g/mol. The Kier molecular flexibility index (Phi) is 15.9. The van der Waals surface area contributed by atoms with Crippen LogP contribution in [0.25, 0.3) is 0 Å². The van der Waals surface area contributed by atoms with Crippen LogP contribution >= 0.6 is 0 Å². The largest absolute Gasteiger partial charge is 0.354 e. The van der Waals surface area contributed by atoms with E-state index >= 15 is 0 Å². The van der Waals surface area contributed by atoms with Gasteiger partial charge in [-0.15, -0.1) is 0 Å². The fourth-order valence-corrected chi connectivity index (χ4v) is 0.0833. The highest BCUT2D eigenvalue weighted by molar-refractivity contribution is 5.78. The second-order valence-corrected chi connectivity index (χ2v) is 3.89. The average molecular weight is 233 g/mol. The second kappa shape index (κ2) is 12.3. The first-order valence-corrected chi connectivity index (χ1v) is 5.10. The Morgan fingerprint density at radius 2 is 1.19 bits per heavy atom. The predicted octanol–water partition coefficient (Wildman–Crippen LogP) is 2.71. The summed E-state index contributed by atoms with van der Waals surface area (Å²) in [5, 5.41) is 0. The zero-order valence-corrected chi connectivity index (χ0v) is 12.2. The maximum Gasteiger partial charge on any atom is 0.161 e. The van der Waals surface area contributed by atoms with E-state index in [1.54, 1.807) is 21.3 Å². The van der Waals surface area contributed by atoms with Crippen molar-refractivity contribution in [3.05, 3.63) is 0 Å². The Bertz CT molecular complexity index is 184. The molecule has 98 valence electrons. The van der Waals surface area contributed by atoms with E-state index in [2.05, 4.69) is 4.99 Å². The molecule has 0 N–H and O–H groups in total. The molecule has 0 aromatic heterocycles. The average Bonchev–Trinajstić information content (AvgIpc) is 2.18. The molecule has 0 atom stereocenters. The quantitative estimate of drug-likeness (QED) is 0.544. The van der Waals surface area contributed by atoms with Crippen LogP contribution in [0.3, 0.4) is 0 Å². The van der Waals surface area contributed by atoms with Crippen molar-refractivity contribution >= 4 is 11.5 Å². The molecule has 0 amide bonds. The Labute approximate surface area is 100 Å². The summed E-state index contributed by atoms with van der Waals surface area (Å²) in [6.07, 6.45) is 0. The van der Waals surface area contributed by atoms with Gasteiger partial charge in [-0.2, -0.15) is 0 Å². The summed E-state index contributed by atoms with van der Waals surface area (Å²) >= 11 is 0. The molecule has 0 aliphatic carbocycles. The van der Waals surface area contributed by atoms with E-state index in [0.717, 1.165) is 5.71 Å². The molecule has 0 radical (unpaired) electrons. The van der Waals surface area contributed by atoms with E-state index in [1.807, 2.05) is 27.7 Å². The molecular formula is C12H27NO3. The lowest BCUT2D eigenvalue weighted by atomic mass is 10.4. The predicted molar refractivity (Wildman–Crippen MR) is 69.2 cm³/mol. The number of aliphatic imine (C=N–C) groups is 1. The van der Waals surface area contributed by atoms with Crippen molar-refractivity contribution in [2.75, 3.05) is 21.3 Å². The summed E-state index contributed by atoms with van der Waals surface area (Å²) in [6, 6.07) is 0. The number of carbonyl (C=O) groups is 1. The maximum absolute atomic E-state index is 9.44. The Hall–Kier alpha value is -0.740. The van der Waals surface area contributed by atoms with Crippen LogP contribution in [0, 0.1) is 0 Å². The molecule has 0 rings (SSSR count). The molecule has 0 heterocycles. The molecule has 4 heteroatoms. The molecule has 0 unspecified atom stereocenters. The van der Waals surface area contributed by atoms with Gasteiger partial charge in [-0.25, -0.2) is 0 Å². The number of rotatable bonds is 2. The Balaban J connectivity index is -0.000000166. The third kappa shape index (κ3) is 37.8. The van der Waals surface area contributed by atoms with Gasteiger partial charge in [0.1, 0.15) is 5.78 Å². The Morgan fingerprint density at radius 1 is 1.00 bits per heavy atom. The van der Waals surface area contributed by atoms with Crippen molar-refractivity contribution < 1.29 is 14.3 Å². The van der Waals surface area contributed by atoms with Gasteiger partial charge in [-0.1, -0.05) is 0 Å². The first kappa shape index (κ1) is 20.6. The zero-order valence-electron chi connectivity index (χ0n) is 12.2. The molecule has 0 saturated carbocycles. The summed E-state index contributed by atoms with van der Waals surface area (Å²) in [5.74, 6) is -0.250. The van der Waals surface area contributed by atoms with Crippen molar-refractivity contribution in [3.8, 4) is 0 Å². The van der Waals surface area contributed by atoms with Crippen LogP contribution in [0.4, 0.5) is 0 Å². The van der Waals surface area contributed by atoms with Crippen LogP contribution in [0.2, 0.25) is 0 Å². The molecule has 0 bridgehead atoms. The van der Waals surface area contributed by atoms with Gasteiger partial charge < -0.3 is 14.3 Å². The van der Waals surface area contributed by atoms with Gasteiger partial charge in [-0.3, -0.25) is 4.99 Å². The smallest absolute Gasteiger partial charge is 0.161 e. The number of ether oxygens (including phenoxy) is 2. The topological polar surface area (TPSA) is 47.9 Å². The van der Waals surface area contributed by atoms with E-state index < -0.39 is 5.79 Å². The number of hydrogen-bond acceptors (Lipinski definition) is 4. The first-order valence-electron chi connectivity index (χ1n) is 5.10. The summed E-state index contributed by atoms with van der Waals surface area (Å²) in [4.78, 5) is 13.2. The molecule has 0 spiro atoms. The number of hydrogen-bond donors (Lipinski definition) is 0. The van der Waals surface area contributed by atoms with Crippen molar-refractivity contribution in [3.63, 3.8) is 0 Å². The molecule has 0 aliphatic rings. The normalized spacial score (nSPS) is 9.06. The van der Waals surface area contributed by atoms with Gasteiger partial charge in [0.25, 0.3) is 0 Å². The van der Waals surface area contributed by atoms with Gasteiger partial charge in [0.15, 0.2) is 5.79 Å². The summed E-state index contributed by atoms with van der Waals surface area (Å²) in [6.45, 7) is 10.7. The molecule has 16 heavy (non-hydrogen) atoms. The molecule has 0 aromatic rings. The summed E-state index contributed by atoms with van der Waals surface area (Å²) < 4.78 is 9.73. The van der Waals surface area contributed by atoms with Gasteiger partial charge in [0.05, 0.1) is 0 Å². The highest BCUT2D eigenvalue weighted by Gasteiger charge is 2.11. The summed E-state index contributed by atoms with van der Waals surface area (Å²) in [7, 11) is 5.02. The minimum atomic E-state index is -0.417. The number of Topliss-reactive ketones (excluding diaryl/α,β-unsaturated/α-hetero) is 1. The molecule has 0 aliphatic heterocycles. The van der Waals surface area contributed by atoms with Crippen LogP contribution < -0.4 is 0 Å². The molecule has 0 fully saturated rings. The molecule has 4 nitrogen and oxygen atoms in total. The van der Waals surface area contributed by atoms with Crippen molar-refractivity contribution in [1.29, 1.82) is 0 Å². The second-order valence-electron chi connectivity index (χ2n) is 3.89. The highest BCUT2D eigenvalue weighted by atomic mass is 16.7. The number of carbonyl (C=O) groups excluding carboxylic acids is 1. The molecular weight excluding hydrogens is 206 g/mol. The van der Waals surface area contributed by atoms with E-state index in [0.29, 0.717) is 0 Å². The first-order chi connectivity index (χ1) is 7.12. The molecule has 0 aromatic carbocycles. The lowest BCUT2D eigenvalue weighted by Crippen LogP contribution is -2.24. The lowest BCUT2D eigenvalue weighted by molar-refractivity contribution is -0.178. The van der Waals surface area contributed by atoms with Crippen LogP contribution in [0.5, 0.6) is 0 Å². The fourth-order valence-electron chi connectivity index (χ4n) is 0.0833. The Morgan fingerprint density at radius 3 is 1.19 bits per heavy atom. The van der Waals surface area contributed by atoms with Gasteiger partial charge in [-0.05, 0) is 41.5 Å². The van der Waals surface area contributed by atoms with E-state index in [1.165, 1.54) is 13.8 Å². The van der Waals surface area contributed by atoms with Crippen LogP contribution in [-0.4, -0.2) is 38.5 Å². The van der Waals surface area contributed by atoms with Crippen molar-refractivity contribution in [2.24, 2.45) is 4.99 Å². The van der Waals surface area contributed by atoms with Crippen LogP contribution in [-0.2, 0) is 14.3 Å². The van der Waals surface area contributed by atoms with Crippen molar-refractivity contribution in [2.45, 2.75) is 47.3 Å². The third-order valence-corrected chi connectivity index (χ3v) is 1.43. The number of nitrogens with zero attached hydrogens (tertiary/aromatic N) is 1. The zero-order chi connectivity index (χ0) is 13.8. The van der Waals surface area contributed by atoms with E-state index in [4.69, 9.17) is 9.47 Å². The lowest BCUT2D eigenvalue weighted by Gasteiger charge is -2.19. The minimum absolute atomic E-state index is 0.167. The van der Waals surface area contributed by atoms with Crippen LogP contribution in [0.15, 0.2) is 4.99 Å². The number of ketones is 1. The standard InChI is InChI=1S/C5H12O2.C4H9N.C3H6O/c1-5(2,6-3)7-4;1-4(2)5-3;1-3(2)4/h1-4H3;1-3H3;1-2H3. The highest BCUT2D eigenvalue weighted by Crippen LogP contribution is 2.05. The minimum Gasteiger partial charge on any atom is -0.354 e. The van der Waals surface area contributed by atoms with Gasteiger partial charge in [0, 0.05) is 27.0 Å². The van der Waals surface area contributed by atoms with Gasteiger partial charge >= 0.3 is 0 Å². The molecule has 0 saturated heterocycles. The van der Waals surface area contributed by atoms with E-state index in [9.17, 15) is 4.79 Å². The van der Waals surface area contributed by atoms with E-state index in [-0.39, 0.29) is 5.78 Å². The number of methoxy groups -OCH3 is 2.